The van der Waals surface area contributed by atoms with E-state index in [9.17, 15) is 4.79 Å². The van der Waals surface area contributed by atoms with E-state index in [1.165, 1.54) is 12.8 Å². The lowest BCUT2D eigenvalue weighted by atomic mass is 9.93. The van der Waals surface area contributed by atoms with E-state index in [2.05, 4.69) is 29.7 Å². The van der Waals surface area contributed by atoms with Crippen molar-refractivity contribution < 1.29 is 4.79 Å². The van der Waals surface area contributed by atoms with Crippen LogP contribution < -0.4 is 10.6 Å². The van der Waals surface area contributed by atoms with Gasteiger partial charge in [0.2, 0.25) is 5.91 Å². The summed E-state index contributed by atoms with van der Waals surface area (Å²) >= 11 is 0. The van der Waals surface area contributed by atoms with Crippen LogP contribution in [0.15, 0.2) is 12.2 Å². The molecule has 1 aliphatic carbocycles. The second-order valence-electron chi connectivity index (χ2n) is 5.14. The molecule has 1 heterocycles. The van der Waals surface area contributed by atoms with E-state index >= 15 is 0 Å². The molecular weight excluding hydrogens is 200 g/mol. The molecular formula is C13H22N2O. The van der Waals surface area contributed by atoms with Crippen molar-refractivity contribution >= 4 is 5.91 Å². The fourth-order valence-corrected chi connectivity index (χ4v) is 2.58. The number of carbonyl (C=O) groups is 1. The zero-order chi connectivity index (χ0) is 11.4. The van der Waals surface area contributed by atoms with Gasteiger partial charge in [-0.3, -0.25) is 4.79 Å². The molecule has 0 saturated carbocycles. The molecule has 2 rings (SSSR count). The van der Waals surface area contributed by atoms with Crippen LogP contribution in [-0.4, -0.2) is 25.5 Å². The molecule has 1 aliphatic heterocycles. The van der Waals surface area contributed by atoms with Crippen molar-refractivity contribution in [1.82, 2.24) is 10.6 Å². The number of nitrogens with one attached hydrogen (secondary N) is 2. The second-order valence-corrected chi connectivity index (χ2v) is 5.14. The predicted molar refractivity (Wildman–Crippen MR) is 65.0 cm³/mol. The number of allylic oxidation sites excluding steroid dienone is 2. The summed E-state index contributed by atoms with van der Waals surface area (Å²) in [7, 11) is 0. The van der Waals surface area contributed by atoms with E-state index in [-0.39, 0.29) is 11.8 Å². The van der Waals surface area contributed by atoms with E-state index in [4.69, 9.17) is 0 Å². The molecule has 0 aromatic heterocycles. The molecule has 3 heteroatoms. The van der Waals surface area contributed by atoms with Gasteiger partial charge in [0.05, 0.1) is 5.92 Å². The van der Waals surface area contributed by atoms with Crippen LogP contribution in [0.4, 0.5) is 0 Å². The fraction of sp³-hybridized carbons (Fsp3) is 0.769. The van der Waals surface area contributed by atoms with Crippen LogP contribution in [0.2, 0.25) is 0 Å². The van der Waals surface area contributed by atoms with Gasteiger partial charge in [-0.2, -0.15) is 0 Å². The van der Waals surface area contributed by atoms with Crippen LogP contribution in [0.5, 0.6) is 0 Å². The quantitative estimate of drug-likeness (QED) is 0.707. The van der Waals surface area contributed by atoms with E-state index in [0.717, 1.165) is 26.1 Å². The number of hydrogen-bond donors (Lipinski definition) is 2. The Balaban J connectivity index is 1.72. The topological polar surface area (TPSA) is 41.1 Å². The maximum absolute atomic E-state index is 11.9. The highest BCUT2D eigenvalue weighted by atomic mass is 16.1. The molecule has 3 atom stereocenters. The van der Waals surface area contributed by atoms with Gasteiger partial charge in [-0.05, 0) is 37.6 Å². The Labute approximate surface area is 97.7 Å². The molecule has 1 amide bonds. The second kappa shape index (κ2) is 5.48. The largest absolute Gasteiger partial charge is 0.356 e. The first-order chi connectivity index (χ1) is 7.77. The lowest BCUT2D eigenvalue weighted by molar-refractivity contribution is -0.125. The first-order valence-corrected chi connectivity index (χ1v) is 6.41. The van der Waals surface area contributed by atoms with E-state index in [1.807, 2.05) is 0 Å². The molecule has 90 valence electrons. The number of rotatable bonds is 3. The molecule has 2 N–H and O–H groups in total. The van der Waals surface area contributed by atoms with Crippen molar-refractivity contribution in [3.8, 4) is 0 Å². The summed E-state index contributed by atoms with van der Waals surface area (Å²) in [5, 5.41) is 6.38. The summed E-state index contributed by atoms with van der Waals surface area (Å²) < 4.78 is 0. The average Bonchev–Trinajstić information content (AvgIpc) is 2.74. The van der Waals surface area contributed by atoms with Gasteiger partial charge in [0.25, 0.3) is 0 Å². The van der Waals surface area contributed by atoms with Crippen LogP contribution in [0, 0.1) is 17.8 Å². The lowest BCUT2D eigenvalue weighted by Crippen LogP contribution is -2.37. The number of hydrogen-bond acceptors (Lipinski definition) is 2. The van der Waals surface area contributed by atoms with Gasteiger partial charge in [-0.1, -0.05) is 19.1 Å². The van der Waals surface area contributed by atoms with Gasteiger partial charge < -0.3 is 10.6 Å². The lowest BCUT2D eigenvalue weighted by Gasteiger charge is -2.20. The Hall–Kier alpha value is -0.830. The predicted octanol–water partition coefficient (Wildman–Crippen LogP) is 1.31. The first kappa shape index (κ1) is 11.6. The van der Waals surface area contributed by atoms with Crippen LogP contribution in [0.25, 0.3) is 0 Å². The van der Waals surface area contributed by atoms with E-state index in [1.54, 1.807) is 0 Å². The molecule has 0 spiro atoms. The van der Waals surface area contributed by atoms with Crippen molar-refractivity contribution in [2.45, 2.75) is 26.2 Å². The van der Waals surface area contributed by atoms with Gasteiger partial charge in [-0.25, -0.2) is 0 Å². The third-order valence-electron chi connectivity index (χ3n) is 3.80. The van der Waals surface area contributed by atoms with Crippen molar-refractivity contribution in [1.29, 1.82) is 0 Å². The Morgan fingerprint density at radius 2 is 2.31 bits per heavy atom. The maximum atomic E-state index is 11.9. The van der Waals surface area contributed by atoms with Crippen molar-refractivity contribution in [2.24, 2.45) is 17.8 Å². The van der Waals surface area contributed by atoms with Gasteiger partial charge >= 0.3 is 0 Å². The van der Waals surface area contributed by atoms with Crippen LogP contribution in [-0.2, 0) is 4.79 Å². The summed E-state index contributed by atoms with van der Waals surface area (Å²) in [5.41, 5.74) is 0. The van der Waals surface area contributed by atoms with Crippen molar-refractivity contribution in [3.63, 3.8) is 0 Å². The minimum Gasteiger partial charge on any atom is -0.356 e. The minimum absolute atomic E-state index is 0.180. The molecule has 2 aliphatic rings. The standard InChI is InChI=1S/C13H22N2O/c1-10-7-14-9-12(10)13(16)15-8-11-5-3-2-4-6-11/h2-3,10-12,14H,4-9H2,1H3,(H,15,16). The fourth-order valence-electron chi connectivity index (χ4n) is 2.58. The average molecular weight is 222 g/mol. The minimum atomic E-state index is 0.180. The molecule has 0 radical (unpaired) electrons. The van der Waals surface area contributed by atoms with Gasteiger partial charge in [0.1, 0.15) is 0 Å². The van der Waals surface area contributed by atoms with Crippen molar-refractivity contribution in [3.05, 3.63) is 12.2 Å². The van der Waals surface area contributed by atoms with Crippen LogP contribution >= 0.6 is 0 Å². The van der Waals surface area contributed by atoms with E-state index in [0.29, 0.717) is 11.8 Å². The molecule has 1 saturated heterocycles. The van der Waals surface area contributed by atoms with Crippen LogP contribution in [0.3, 0.4) is 0 Å². The Morgan fingerprint density at radius 3 is 2.94 bits per heavy atom. The molecule has 0 aromatic carbocycles. The highest BCUT2D eigenvalue weighted by molar-refractivity contribution is 5.79. The van der Waals surface area contributed by atoms with Gasteiger partial charge in [0.15, 0.2) is 0 Å². The molecule has 0 bridgehead atoms. The Morgan fingerprint density at radius 1 is 1.44 bits per heavy atom. The monoisotopic (exact) mass is 222 g/mol. The molecule has 3 nitrogen and oxygen atoms in total. The summed E-state index contributed by atoms with van der Waals surface area (Å²) in [4.78, 5) is 11.9. The van der Waals surface area contributed by atoms with Gasteiger partial charge in [-0.15, -0.1) is 0 Å². The zero-order valence-electron chi connectivity index (χ0n) is 10.0. The molecule has 1 fully saturated rings. The van der Waals surface area contributed by atoms with Crippen molar-refractivity contribution in [2.75, 3.05) is 19.6 Å². The molecule has 16 heavy (non-hydrogen) atoms. The number of carbonyl (C=O) groups excluding carboxylic acids is 1. The smallest absolute Gasteiger partial charge is 0.224 e. The first-order valence-electron chi connectivity index (χ1n) is 6.41. The number of amides is 1. The Kier molecular flexibility index (Phi) is 3.99. The maximum Gasteiger partial charge on any atom is 0.224 e. The van der Waals surface area contributed by atoms with Gasteiger partial charge in [0, 0.05) is 13.1 Å². The summed E-state index contributed by atoms with van der Waals surface area (Å²) in [5.74, 6) is 1.55. The normalized spacial score (nSPS) is 33.9. The highest BCUT2D eigenvalue weighted by Crippen LogP contribution is 2.19. The molecule has 0 aromatic rings. The third kappa shape index (κ3) is 2.85. The summed E-state index contributed by atoms with van der Waals surface area (Å²) in [6.07, 6.45) is 7.98. The van der Waals surface area contributed by atoms with Crippen LogP contribution in [0.1, 0.15) is 26.2 Å². The summed E-state index contributed by atoms with van der Waals surface area (Å²) in [6.45, 7) is 4.82. The highest BCUT2D eigenvalue weighted by Gasteiger charge is 2.29. The zero-order valence-corrected chi connectivity index (χ0v) is 10.0. The van der Waals surface area contributed by atoms with E-state index < -0.39 is 0 Å². The molecule has 3 unspecified atom stereocenters. The third-order valence-corrected chi connectivity index (χ3v) is 3.80. The summed E-state index contributed by atoms with van der Waals surface area (Å²) in [6, 6.07) is 0. The SMILES string of the molecule is CC1CNCC1C(=O)NCC1CC=CCC1. The Bertz CT molecular complexity index is 275.